The fourth-order valence-corrected chi connectivity index (χ4v) is 4.02. The Labute approximate surface area is 182 Å². The number of hydrogen-bond acceptors (Lipinski definition) is 4. The van der Waals surface area contributed by atoms with Crippen molar-refractivity contribution in [2.24, 2.45) is 23.2 Å². The highest BCUT2D eigenvalue weighted by molar-refractivity contribution is 6.32. The zero-order chi connectivity index (χ0) is 23.1. The van der Waals surface area contributed by atoms with E-state index in [1.165, 1.54) is 0 Å². The Bertz CT molecular complexity index is 695. The predicted octanol–water partition coefficient (Wildman–Crippen LogP) is 5.83. The number of rotatable bonds is 11. The summed E-state index contributed by atoms with van der Waals surface area (Å²) in [6.45, 7) is 14.0. The lowest BCUT2D eigenvalue weighted by Crippen LogP contribution is -2.53. The largest absolute Gasteiger partial charge is 0.298 e. The Balaban J connectivity index is 3.11. The van der Waals surface area contributed by atoms with Crippen LogP contribution in [0.3, 0.4) is 0 Å². The summed E-state index contributed by atoms with van der Waals surface area (Å²) in [5.74, 6) is -2.21. The van der Waals surface area contributed by atoms with Gasteiger partial charge in [-0.05, 0) is 52.4 Å². The molecule has 0 aliphatic heterocycles. The standard InChI is InChI=1S/C26H40O4/c1-17(2)9-8-10-20(7)15-21(27)24-22(28)16-23(29)26(25(24)30,13-11-18(3)4)14-12-19(5)6/h11-12,17,20,24H,8-10,13-16H2,1-7H3. The molecule has 1 aliphatic carbocycles. The normalized spacial score (nSPS) is 19.6. The number of allylic oxidation sites excluding steroid dienone is 4. The summed E-state index contributed by atoms with van der Waals surface area (Å²) in [7, 11) is 0. The van der Waals surface area contributed by atoms with Crippen molar-refractivity contribution in [3.8, 4) is 0 Å². The minimum Gasteiger partial charge on any atom is -0.298 e. The molecule has 0 heterocycles. The highest BCUT2D eigenvalue weighted by Crippen LogP contribution is 2.40. The van der Waals surface area contributed by atoms with Gasteiger partial charge in [-0.3, -0.25) is 19.2 Å². The van der Waals surface area contributed by atoms with E-state index in [9.17, 15) is 19.2 Å². The van der Waals surface area contributed by atoms with Crippen LogP contribution in [0.2, 0.25) is 0 Å². The SMILES string of the molecule is CC(C)=CCC1(CC=C(C)C)C(=O)CC(=O)C(C(=O)CC(C)CCCC(C)C)C1=O. The molecule has 0 bridgehead atoms. The van der Waals surface area contributed by atoms with Crippen LogP contribution in [-0.2, 0) is 19.2 Å². The molecule has 4 nitrogen and oxygen atoms in total. The third-order valence-electron chi connectivity index (χ3n) is 5.99. The second kappa shape index (κ2) is 11.5. The van der Waals surface area contributed by atoms with Gasteiger partial charge in [0.2, 0.25) is 0 Å². The summed E-state index contributed by atoms with van der Waals surface area (Å²) >= 11 is 0. The lowest BCUT2D eigenvalue weighted by molar-refractivity contribution is -0.154. The molecular weight excluding hydrogens is 376 g/mol. The van der Waals surface area contributed by atoms with E-state index in [-0.39, 0.29) is 43.2 Å². The van der Waals surface area contributed by atoms with Crippen LogP contribution < -0.4 is 0 Å². The Kier molecular flexibility index (Phi) is 10.1. The molecule has 0 N–H and O–H groups in total. The van der Waals surface area contributed by atoms with E-state index in [0.717, 1.165) is 30.4 Å². The number of carbonyl (C=O) groups excluding carboxylic acids is 4. The van der Waals surface area contributed by atoms with Crippen LogP contribution >= 0.6 is 0 Å². The van der Waals surface area contributed by atoms with Crippen molar-refractivity contribution in [3.05, 3.63) is 23.3 Å². The van der Waals surface area contributed by atoms with Gasteiger partial charge < -0.3 is 0 Å². The van der Waals surface area contributed by atoms with Gasteiger partial charge in [-0.15, -0.1) is 0 Å². The number of hydrogen-bond donors (Lipinski definition) is 0. The molecular formula is C26H40O4. The molecule has 0 aromatic heterocycles. The molecule has 1 fully saturated rings. The van der Waals surface area contributed by atoms with Crippen molar-refractivity contribution in [3.63, 3.8) is 0 Å². The molecule has 1 rings (SSSR count). The Hall–Kier alpha value is -1.84. The minimum atomic E-state index is -1.30. The second-order valence-electron chi connectivity index (χ2n) is 10.0. The average Bonchev–Trinajstić information content (AvgIpc) is 2.60. The molecule has 168 valence electrons. The lowest BCUT2D eigenvalue weighted by atomic mass is 9.62. The third kappa shape index (κ3) is 7.14. The van der Waals surface area contributed by atoms with Crippen LogP contribution in [0.5, 0.6) is 0 Å². The summed E-state index contributed by atoms with van der Waals surface area (Å²) in [5, 5.41) is 0. The highest BCUT2D eigenvalue weighted by atomic mass is 16.2. The van der Waals surface area contributed by atoms with E-state index >= 15 is 0 Å². The molecule has 4 heteroatoms. The first-order chi connectivity index (χ1) is 13.9. The van der Waals surface area contributed by atoms with E-state index in [1.807, 2.05) is 46.8 Å². The van der Waals surface area contributed by atoms with Crippen LogP contribution in [0.25, 0.3) is 0 Å². The van der Waals surface area contributed by atoms with Gasteiger partial charge in [0, 0.05) is 6.42 Å². The van der Waals surface area contributed by atoms with Gasteiger partial charge in [-0.2, -0.15) is 0 Å². The third-order valence-corrected chi connectivity index (χ3v) is 5.99. The van der Waals surface area contributed by atoms with E-state index in [2.05, 4.69) is 13.8 Å². The van der Waals surface area contributed by atoms with Gasteiger partial charge >= 0.3 is 0 Å². The summed E-state index contributed by atoms with van der Waals surface area (Å²) in [6.07, 6.45) is 7.17. The average molecular weight is 417 g/mol. The Morgan fingerprint density at radius 1 is 0.967 bits per heavy atom. The highest BCUT2D eigenvalue weighted by Gasteiger charge is 2.54. The topological polar surface area (TPSA) is 68.3 Å². The van der Waals surface area contributed by atoms with Crippen molar-refractivity contribution in [2.75, 3.05) is 0 Å². The summed E-state index contributed by atoms with van der Waals surface area (Å²) in [4.78, 5) is 52.1. The van der Waals surface area contributed by atoms with Crippen molar-refractivity contribution < 1.29 is 19.2 Å². The monoisotopic (exact) mass is 416 g/mol. The van der Waals surface area contributed by atoms with Crippen molar-refractivity contribution >= 4 is 23.1 Å². The number of carbonyl (C=O) groups is 4. The van der Waals surface area contributed by atoms with E-state index in [4.69, 9.17) is 0 Å². The molecule has 0 amide bonds. The van der Waals surface area contributed by atoms with Crippen molar-refractivity contribution in [1.29, 1.82) is 0 Å². The molecule has 0 aromatic rings. The van der Waals surface area contributed by atoms with E-state index in [1.54, 1.807) is 0 Å². The van der Waals surface area contributed by atoms with Crippen LogP contribution in [0.1, 0.15) is 93.4 Å². The van der Waals surface area contributed by atoms with Crippen molar-refractivity contribution in [2.45, 2.75) is 93.4 Å². The van der Waals surface area contributed by atoms with Gasteiger partial charge in [0.25, 0.3) is 0 Å². The van der Waals surface area contributed by atoms with Gasteiger partial charge in [0.05, 0.1) is 11.8 Å². The molecule has 1 saturated carbocycles. The molecule has 2 unspecified atom stereocenters. The summed E-state index contributed by atoms with van der Waals surface area (Å²) < 4.78 is 0. The van der Waals surface area contributed by atoms with E-state index in [0.29, 0.717) is 5.92 Å². The molecule has 0 radical (unpaired) electrons. The molecule has 0 saturated heterocycles. The second-order valence-corrected chi connectivity index (χ2v) is 10.0. The molecule has 2 atom stereocenters. The fraction of sp³-hybridized carbons (Fsp3) is 0.692. The smallest absolute Gasteiger partial charge is 0.164 e. The maximum Gasteiger partial charge on any atom is 0.164 e. The number of ketones is 4. The predicted molar refractivity (Wildman–Crippen MR) is 121 cm³/mol. The molecule has 1 aliphatic rings. The molecule has 30 heavy (non-hydrogen) atoms. The lowest BCUT2D eigenvalue weighted by Gasteiger charge is -2.36. The zero-order valence-corrected chi connectivity index (χ0v) is 20.0. The first-order valence-corrected chi connectivity index (χ1v) is 11.3. The number of Topliss-reactive ketones (excluding diaryl/α,β-unsaturated/α-hetero) is 4. The quantitative estimate of drug-likeness (QED) is 0.314. The van der Waals surface area contributed by atoms with Crippen LogP contribution in [0.4, 0.5) is 0 Å². The first-order valence-electron chi connectivity index (χ1n) is 11.3. The summed E-state index contributed by atoms with van der Waals surface area (Å²) in [6, 6.07) is 0. The van der Waals surface area contributed by atoms with Crippen LogP contribution in [-0.4, -0.2) is 23.1 Å². The van der Waals surface area contributed by atoms with Crippen LogP contribution in [0.15, 0.2) is 23.3 Å². The van der Waals surface area contributed by atoms with Gasteiger partial charge in [0.15, 0.2) is 23.1 Å². The van der Waals surface area contributed by atoms with Gasteiger partial charge in [-0.1, -0.05) is 63.3 Å². The maximum absolute atomic E-state index is 13.5. The minimum absolute atomic E-state index is 0.124. The van der Waals surface area contributed by atoms with Gasteiger partial charge in [-0.25, -0.2) is 0 Å². The zero-order valence-electron chi connectivity index (χ0n) is 20.0. The molecule has 0 spiro atoms. The van der Waals surface area contributed by atoms with E-state index < -0.39 is 22.9 Å². The summed E-state index contributed by atoms with van der Waals surface area (Å²) in [5.41, 5.74) is 0.709. The maximum atomic E-state index is 13.5. The fourth-order valence-electron chi connectivity index (χ4n) is 4.02. The van der Waals surface area contributed by atoms with Crippen molar-refractivity contribution in [1.82, 2.24) is 0 Å². The molecule has 0 aromatic carbocycles. The Morgan fingerprint density at radius 3 is 1.97 bits per heavy atom. The van der Waals surface area contributed by atoms with Gasteiger partial charge in [0.1, 0.15) is 5.92 Å². The first kappa shape index (κ1) is 26.2. The Morgan fingerprint density at radius 2 is 1.50 bits per heavy atom. The van der Waals surface area contributed by atoms with Crippen LogP contribution in [0, 0.1) is 23.2 Å².